The molecule has 1 N–H and O–H groups in total. The van der Waals surface area contributed by atoms with Crippen LogP contribution in [-0.4, -0.2) is 32.7 Å². The van der Waals surface area contributed by atoms with Gasteiger partial charge in [0.2, 0.25) is 0 Å². The molecule has 0 radical (unpaired) electrons. The van der Waals surface area contributed by atoms with Gasteiger partial charge in [0.05, 0.1) is 12.6 Å². The van der Waals surface area contributed by atoms with Crippen LogP contribution in [0.4, 0.5) is 0 Å². The molecular weight excluding hydrogens is 162 g/mol. The average molecular weight is 178 g/mol. The molecule has 0 spiro atoms. The Bertz CT molecular complexity index is 119. The summed E-state index contributed by atoms with van der Waals surface area (Å²) in [6.45, 7) is 4.58. The number of hydrogen-bond donors (Lipinski definition) is 1. The predicted molar refractivity (Wildman–Crippen MR) is 51.1 cm³/mol. The molecule has 0 aromatic carbocycles. The molecule has 0 rings (SSSR count). The van der Waals surface area contributed by atoms with E-state index in [4.69, 9.17) is 0 Å². The molecule has 0 heterocycles. The van der Waals surface area contributed by atoms with Gasteiger partial charge in [0.25, 0.3) is 0 Å². The van der Waals surface area contributed by atoms with Crippen LogP contribution >= 0.6 is 12.4 Å². The zero-order chi connectivity index (χ0) is 7.66. The van der Waals surface area contributed by atoms with Gasteiger partial charge in [-0.25, -0.2) is 9.98 Å². The largest absolute Gasteiger partial charge is 0.320 e. The van der Waals surface area contributed by atoms with E-state index in [1.54, 1.807) is 0 Å². The van der Waals surface area contributed by atoms with E-state index in [-0.39, 0.29) is 12.4 Å². The molecule has 0 aromatic rings. The van der Waals surface area contributed by atoms with Gasteiger partial charge in [-0.3, -0.25) is 0 Å². The summed E-state index contributed by atoms with van der Waals surface area (Å²) in [5.41, 5.74) is 0. The first kappa shape index (κ1) is 13.2. The lowest BCUT2D eigenvalue weighted by Crippen LogP contribution is -2.08. The van der Waals surface area contributed by atoms with Crippen molar-refractivity contribution in [3.8, 4) is 0 Å². The maximum atomic E-state index is 3.94. The van der Waals surface area contributed by atoms with Crippen molar-refractivity contribution < 1.29 is 0 Å². The van der Waals surface area contributed by atoms with Crippen LogP contribution in [0.1, 0.15) is 13.3 Å². The molecule has 4 heteroatoms. The van der Waals surface area contributed by atoms with Gasteiger partial charge in [0, 0.05) is 6.54 Å². The number of nitrogens with zero attached hydrogens (tertiary/aromatic N) is 2. The maximum absolute atomic E-state index is 3.94. The number of halogens is 1. The first-order valence-corrected chi connectivity index (χ1v) is 3.64. The first-order chi connectivity index (χ1) is 4.91. The molecule has 0 aliphatic heterocycles. The lowest BCUT2D eigenvalue weighted by Gasteiger charge is -1.90. The van der Waals surface area contributed by atoms with Gasteiger partial charge in [-0.15, -0.1) is 12.4 Å². The van der Waals surface area contributed by atoms with Gasteiger partial charge >= 0.3 is 0 Å². The highest BCUT2D eigenvalue weighted by Crippen LogP contribution is 1.75. The van der Waals surface area contributed by atoms with Gasteiger partial charge in [-0.2, -0.15) is 0 Å². The Kier molecular flexibility index (Phi) is 14.8. The van der Waals surface area contributed by atoms with Crippen LogP contribution in [0.2, 0.25) is 0 Å². The van der Waals surface area contributed by atoms with E-state index in [2.05, 4.69) is 21.3 Å². The van der Waals surface area contributed by atoms with Gasteiger partial charge < -0.3 is 5.32 Å². The summed E-state index contributed by atoms with van der Waals surface area (Å²) >= 11 is 0. The van der Waals surface area contributed by atoms with Crippen molar-refractivity contribution in [3.05, 3.63) is 0 Å². The summed E-state index contributed by atoms with van der Waals surface area (Å²) in [6.07, 6.45) is 1.06. The molecule has 0 unspecified atom stereocenters. The summed E-state index contributed by atoms with van der Waals surface area (Å²) in [5.74, 6) is 0. The van der Waals surface area contributed by atoms with Crippen molar-refractivity contribution in [2.75, 3.05) is 26.7 Å². The Morgan fingerprint density at radius 3 is 2.64 bits per heavy atom. The van der Waals surface area contributed by atoms with Crippen LogP contribution in [0.3, 0.4) is 0 Å². The van der Waals surface area contributed by atoms with Crippen LogP contribution in [0.15, 0.2) is 9.98 Å². The number of hydrogen-bond acceptors (Lipinski definition) is 3. The summed E-state index contributed by atoms with van der Waals surface area (Å²) in [4.78, 5) is 7.77. The number of rotatable bonds is 5. The monoisotopic (exact) mass is 177 g/mol. The van der Waals surface area contributed by atoms with E-state index in [0.29, 0.717) is 0 Å². The third-order valence-electron chi connectivity index (χ3n) is 0.996. The van der Waals surface area contributed by atoms with E-state index >= 15 is 0 Å². The second-order valence-corrected chi connectivity index (χ2v) is 1.91. The first-order valence-electron chi connectivity index (χ1n) is 3.64. The fraction of sp³-hybridized carbons (Fsp3) is 0.857. The SMILES string of the molecule is CCN=C=NCCCNC.Cl. The quantitative estimate of drug-likeness (QED) is 0.498. The van der Waals surface area contributed by atoms with E-state index < -0.39 is 0 Å². The summed E-state index contributed by atoms with van der Waals surface area (Å²) < 4.78 is 0. The van der Waals surface area contributed by atoms with Crippen molar-refractivity contribution in [1.82, 2.24) is 5.32 Å². The minimum absolute atomic E-state index is 0. The van der Waals surface area contributed by atoms with Crippen molar-refractivity contribution in [3.63, 3.8) is 0 Å². The molecule has 3 nitrogen and oxygen atoms in total. The third-order valence-corrected chi connectivity index (χ3v) is 0.996. The molecule has 0 fully saturated rings. The third kappa shape index (κ3) is 12.8. The molecule has 11 heavy (non-hydrogen) atoms. The highest BCUT2D eigenvalue weighted by atomic mass is 35.5. The van der Waals surface area contributed by atoms with E-state index in [9.17, 15) is 0 Å². The molecule has 0 amide bonds. The molecular formula is C7H16ClN3. The second-order valence-electron chi connectivity index (χ2n) is 1.91. The zero-order valence-electron chi connectivity index (χ0n) is 7.13. The maximum Gasteiger partial charge on any atom is 0.0892 e. The molecule has 0 aliphatic rings. The Balaban J connectivity index is 0. The van der Waals surface area contributed by atoms with Crippen molar-refractivity contribution in [2.24, 2.45) is 9.98 Å². The topological polar surface area (TPSA) is 36.8 Å². The van der Waals surface area contributed by atoms with E-state index in [1.165, 1.54) is 0 Å². The summed E-state index contributed by atoms with van der Waals surface area (Å²) in [7, 11) is 1.93. The van der Waals surface area contributed by atoms with Gasteiger partial charge in [0.1, 0.15) is 0 Å². The smallest absolute Gasteiger partial charge is 0.0892 e. The fourth-order valence-electron chi connectivity index (χ4n) is 0.506. The normalized spacial score (nSPS) is 7.82. The van der Waals surface area contributed by atoms with Gasteiger partial charge in [-0.05, 0) is 26.9 Å². The average Bonchev–Trinajstić information content (AvgIpc) is 1.97. The number of nitrogens with one attached hydrogen (secondary N) is 1. The Morgan fingerprint density at radius 2 is 2.09 bits per heavy atom. The minimum atomic E-state index is 0. The molecule has 0 saturated heterocycles. The standard InChI is InChI=1S/C7H15N3.ClH/c1-3-9-7-10-6-4-5-8-2;/h8H,3-6H2,1-2H3;1H. The highest BCUT2D eigenvalue weighted by molar-refractivity contribution is 5.85. The highest BCUT2D eigenvalue weighted by Gasteiger charge is 1.78. The summed E-state index contributed by atoms with van der Waals surface area (Å²) in [5, 5.41) is 3.04. The van der Waals surface area contributed by atoms with Crippen molar-refractivity contribution in [2.45, 2.75) is 13.3 Å². The molecule has 0 bridgehead atoms. The molecule has 66 valence electrons. The molecule has 0 aliphatic carbocycles. The lowest BCUT2D eigenvalue weighted by molar-refractivity contribution is 0.735. The van der Waals surface area contributed by atoms with Crippen LogP contribution in [0, 0.1) is 0 Å². The van der Waals surface area contributed by atoms with E-state index in [1.807, 2.05) is 14.0 Å². The lowest BCUT2D eigenvalue weighted by atomic mass is 10.4. The van der Waals surface area contributed by atoms with Gasteiger partial charge in [-0.1, -0.05) is 0 Å². The van der Waals surface area contributed by atoms with Crippen LogP contribution in [-0.2, 0) is 0 Å². The fourth-order valence-corrected chi connectivity index (χ4v) is 0.506. The van der Waals surface area contributed by atoms with Gasteiger partial charge in [0.15, 0.2) is 0 Å². The molecule has 0 saturated carbocycles. The van der Waals surface area contributed by atoms with Crippen molar-refractivity contribution in [1.29, 1.82) is 0 Å². The van der Waals surface area contributed by atoms with Crippen LogP contribution < -0.4 is 5.32 Å². The Hall–Kier alpha value is -0.370. The zero-order valence-corrected chi connectivity index (χ0v) is 7.95. The Labute approximate surface area is 74.4 Å². The molecule has 0 atom stereocenters. The Morgan fingerprint density at radius 1 is 1.36 bits per heavy atom. The minimum Gasteiger partial charge on any atom is -0.320 e. The second kappa shape index (κ2) is 12.3. The van der Waals surface area contributed by atoms with Crippen LogP contribution in [0.5, 0.6) is 0 Å². The predicted octanol–water partition coefficient (Wildman–Crippen LogP) is 1.21. The van der Waals surface area contributed by atoms with Crippen molar-refractivity contribution >= 4 is 18.4 Å². The summed E-state index contributed by atoms with van der Waals surface area (Å²) in [6, 6.07) is 2.62. The van der Waals surface area contributed by atoms with Crippen LogP contribution in [0.25, 0.3) is 0 Å². The number of aliphatic imine (C=N–C) groups is 2. The van der Waals surface area contributed by atoms with E-state index in [0.717, 1.165) is 26.1 Å². The molecule has 0 aromatic heterocycles.